The highest BCUT2D eigenvalue weighted by atomic mass is 32.1. The third kappa shape index (κ3) is 1.53. The molecule has 2 N–H and O–H groups in total. The molecule has 3 nitrogen and oxygen atoms in total. The lowest BCUT2D eigenvalue weighted by Crippen LogP contribution is -2.01. The highest BCUT2D eigenvalue weighted by molar-refractivity contribution is 7.09. The van der Waals surface area contributed by atoms with Crippen LogP contribution in [0.1, 0.15) is 10.7 Å². The van der Waals surface area contributed by atoms with Gasteiger partial charge in [0.1, 0.15) is 6.07 Å². The Morgan fingerprint density at radius 1 is 1.80 bits per heavy atom. The minimum atomic E-state index is 0.494. The lowest BCUT2D eigenvalue weighted by Gasteiger charge is -1.85. The van der Waals surface area contributed by atoms with E-state index in [1.165, 1.54) is 11.3 Å². The van der Waals surface area contributed by atoms with Crippen molar-refractivity contribution in [2.24, 2.45) is 5.73 Å². The van der Waals surface area contributed by atoms with Crippen LogP contribution in [0.15, 0.2) is 5.38 Å². The third-order valence-electron chi connectivity index (χ3n) is 1.02. The molecule has 0 bridgehead atoms. The molecule has 0 fully saturated rings. The van der Waals surface area contributed by atoms with Gasteiger partial charge in [-0.15, -0.1) is 11.3 Å². The van der Waals surface area contributed by atoms with Gasteiger partial charge in [-0.1, -0.05) is 0 Å². The van der Waals surface area contributed by atoms with Crippen LogP contribution in [0.4, 0.5) is 0 Å². The average molecular weight is 153 g/mol. The molecule has 0 aromatic carbocycles. The first-order chi connectivity index (χ1) is 4.86. The van der Waals surface area contributed by atoms with Crippen molar-refractivity contribution >= 4 is 11.3 Å². The van der Waals surface area contributed by atoms with Crippen molar-refractivity contribution < 1.29 is 0 Å². The fraction of sp³-hybridized carbons (Fsp3) is 0.333. The molecule has 1 aromatic rings. The molecule has 0 amide bonds. The monoisotopic (exact) mass is 153 g/mol. The summed E-state index contributed by atoms with van der Waals surface area (Å²) in [4.78, 5) is 4.00. The van der Waals surface area contributed by atoms with Crippen LogP contribution in [0.3, 0.4) is 0 Å². The maximum Gasteiger partial charge on any atom is 0.151 e. The van der Waals surface area contributed by atoms with E-state index in [1.807, 2.05) is 6.07 Å². The van der Waals surface area contributed by atoms with Crippen molar-refractivity contribution in [3.8, 4) is 6.07 Å². The summed E-state index contributed by atoms with van der Waals surface area (Å²) < 4.78 is 0. The number of nitrogens with two attached hydrogens (primary N) is 1. The highest BCUT2D eigenvalue weighted by Crippen LogP contribution is 2.08. The van der Waals surface area contributed by atoms with Crippen LogP contribution in [0.25, 0.3) is 0 Å². The maximum atomic E-state index is 8.38. The number of rotatable bonds is 2. The number of thiazole rings is 1. The van der Waals surface area contributed by atoms with Gasteiger partial charge in [0.15, 0.2) is 5.69 Å². The molecular weight excluding hydrogens is 146 g/mol. The second-order valence-corrected chi connectivity index (χ2v) is 2.72. The zero-order valence-corrected chi connectivity index (χ0v) is 6.19. The summed E-state index contributed by atoms with van der Waals surface area (Å²) in [5, 5.41) is 11.1. The fourth-order valence-corrected chi connectivity index (χ4v) is 1.34. The van der Waals surface area contributed by atoms with Crippen molar-refractivity contribution in [2.45, 2.75) is 6.42 Å². The summed E-state index contributed by atoms with van der Waals surface area (Å²) >= 11 is 1.49. The van der Waals surface area contributed by atoms with Gasteiger partial charge in [-0.05, 0) is 6.54 Å². The van der Waals surface area contributed by atoms with Gasteiger partial charge < -0.3 is 5.73 Å². The fourth-order valence-electron chi connectivity index (χ4n) is 0.601. The molecule has 0 saturated heterocycles. The first-order valence-corrected chi connectivity index (χ1v) is 3.79. The van der Waals surface area contributed by atoms with Crippen molar-refractivity contribution in [2.75, 3.05) is 6.54 Å². The van der Waals surface area contributed by atoms with Crippen LogP contribution < -0.4 is 5.73 Å². The summed E-state index contributed by atoms with van der Waals surface area (Å²) in [5.41, 5.74) is 5.79. The van der Waals surface area contributed by atoms with Gasteiger partial charge in [-0.25, -0.2) is 4.98 Å². The molecule has 0 aliphatic carbocycles. The van der Waals surface area contributed by atoms with Gasteiger partial charge in [0.05, 0.1) is 5.01 Å². The van der Waals surface area contributed by atoms with Crippen molar-refractivity contribution in [3.63, 3.8) is 0 Å². The molecule has 0 spiro atoms. The van der Waals surface area contributed by atoms with Gasteiger partial charge in [-0.3, -0.25) is 0 Å². The van der Waals surface area contributed by atoms with E-state index in [2.05, 4.69) is 4.98 Å². The van der Waals surface area contributed by atoms with Crippen LogP contribution in [0.5, 0.6) is 0 Å². The van der Waals surface area contributed by atoms with E-state index in [0.29, 0.717) is 12.2 Å². The predicted molar refractivity (Wildman–Crippen MR) is 39.6 cm³/mol. The van der Waals surface area contributed by atoms with E-state index in [0.717, 1.165) is 11.4 Å². The van der Waals surface area contributed by atoms with Crippen molar-refractivity contribution in [1.29, 1.82) is 5.26 Å². The highest BCUT2D eigenvalue weighted by Gasteiger charge is 1.97. The van der Waals surface area contributed by atoms with E-state index in [-0.39, 0.29) is 0 Å². The SMILES string of the molecule is N#Cc1csc(CCN)n1. The van der Waals surface area contributed by atoms with Gasteiger partial charge in [-0.2, -0.15) is 5.26 Å². The molecule has 0 saturated carbocycles. The van der Waals surface area contributed by atoms with Crippen LogP contribution in [-0.2, 0) is 6.42 Å². The largest absolute Gasteiger partial charge is 0.330 e. The second-order valence-electron chi connectivity index (χ2n) is 1.78. The maximum absolute atomic E-state index is 8.38. The predicted octanol–water partition coefficient (Wildman–Crippen LogP) is 0.516. The van der Waals surface area contributed by atoms with E-state index in [1.54, 1.807) is 5.38 Å². The molecule has 4 heteroatoms. The van der Waals surface area contributed by atoms with E-state index in [9.17, 15) is 0 Å². The Labute approximate surface area is 63.1 Å². The summed E-state index contributed by atoms with van der Waals surface area (Å²) in [6, 6.07) is 1.96. The molecule has 0 atom stereocenters. The van der Waals surface area contributed by atoms with Crippen LogP contribution in [0.2, 0.25) is 0 Å². The Morgan fingerprint density at radius 2 is 2.60 bits per heavy atom. The molecule has 0 aliphatic rings. The first kappa shape index (κ1) is 7.19. The zero-order valence-electron chi connectivity index (χ0n) is 5.37. The molecular formula is C6H7N3S. The van der Waals surface area contributed by atoms with Gasteiger partial charge in [0, 0.05) is 11.8 Å². The Morgan fingerprint density at radius 3 is 3.10 bits per heavy atom. The number of nitriles is 1. The smallest absolute Gasteiger partial charge is 0.151 e. The van der Waals surface area contributed by atoms with E-state index >= 15 is 0 Å². The topological polar surface area (TPSA) is 62.7 Å². The summed E-state index contributed by atoms with van der Waals surface area (Å²) in [7, 11) is 0. The normalized spacial score (nSPS) is 9.20. The third-order valence-corrected chi connectivity index (χ3v) is 1.93. The minimum absolute atomic E-state index is 0.494. The Bertz CT molecular complexity index is 248. The summed E-state index contributed by atoms with van der Waals surface area (Å²) in [5.74, 6) is 0. The molecule has 0 aliphatic heterocycles. The molecule has 10 heavy (non-hydrogen) atoms. The van der Waals surface area contributed by atoms with E-state index in [4.69, 9.17) is 11.0 Å². The van der Waals surface area contributed by atoms with Crippen molar-refractivity contribution in [1.82, 2.24) is 4.98 Å². The van der Waals surface area contributed by atoms with Crippen LogP contribution >= 0.6 is 11.3 Å². The minimum Gasteiger partial charge on any atom is -0.330 e. The first-order valence-electron chi connectivity index (χ1n) is 2.91. The molecule has 52 valence electrons. The standard InChI is InChI=1S/C6H7N3S/c7-2-1-6-9-5(3-8)4-10-6/h4H,1-2,7H2. The van der Waals surface area contributed by atoms with Crippen LogP contribution in [0, 0.1) is 11.3 Å². The van der Waals surface area contributed by atoms with Gasteiger partial charge >= 0.3 is 0 Å². The zero-order chi connectivity index (χ0) is 7.40. The lowest BCUT2D eigenvalue weighted by atomic mass is 10.4. The molecule has 1 aromatic heterocycles. The van der Waals surface area contributed by atoms with Gasteiger partial charge in [0.2, 0.25) is 0 Å². The van der Waals surface area contributed by atoms with Crippen molar-refractivity contribution in [3.05, 3.63) is 16.1 Å². The Hall–Kier alpha value is -0.920. The summed E-state index contributed by atoms with van der Waals surface area (Å²) in [6.07, 6.45) is 0.770. The van der Waals surface area contributed by atoms with Crippen LogP contribution in [-0.4, -0.2) is 11.5 Å². The molecule has 1 rings (SSSR count). The lowest BCUT2D eigenvalue weighted by molar-refractivity contribution is 0.950. The number of hydrogen-bond acceptors (Lipinski definition) is 4. The quantitative estimate of drug-likeness (QED) is 0.673. The second kappa shape index (κ2) is 3.30. The van der Waals surface area contributed by atoms with E-state index < -0.39 is 0 Å². The summed E-state index contributed by atoms with van der Waals surface area (Å²) in [6.45, 7) is 0.596. The Balaban J connectivity index is 2.71. The molecule has 0 unspecified atom stereocenters. The Kier molecular flexibility index (Phi) is 2.37. The number of hydrogen-bond donors (Lipinski definition) is 1. The molecule has 1 heterocycles. The van der Waals surface area contributed by atoms with Gasteiger partial charge in [0.25, 0.3) is 0 Å². The molecule has 0 radical (unpaired) electrons. The average Bonchev–Trinajstić information content (AvgIpc) is 2.37. The number of nitrogens with zero attached hydrogens (tertiary/aromatic N) is 2. The number of aromatic nitrogens is 1.